The quantitative estimate of drug-likeness (QED) is 0.763. The summed E-state index contributed by atoms with van der Waals surface area (Å²) in [6.07, 6.45) is 2.82. The highest BCUT2D eigenvalue weighted by Crippen LogP contribution is 2.19. The molecule has 6 heteroatoms. The fraction of sp³-hybridized carbons (Fsp3) is 0. The molecule has 0 spiro atoms. The molecule has 0 radical (unpaired) electrons. The average Bonchev–Trinajstić information content (AvgIpc) is 2.19. The van der Waals surface area contributed by atoms with E-state index in [4.69, 9.17) is 33.9 Å². The van der Waals surface area contributed by atoms with Crippen molar-refractivity contribution in [3.63, 3.8) is 0 Å². The van der Waals surface area contributed by atoms with Gasteiger partial charge in [0.25, 0.3) is 0 Å². The molecule has 0 saturated carbocycles. The maximum absolute atomic E-state index is 8.73. The third-order valence-corrected chi connectivity index (χ3v) is 2.38. The van der Waals surface area contributed by atoms with Crippen molar-refractivity contribution in [2.24, 2.45) is 0 Å². The molecule has 0 atom stereocenters. The fourth-order valence-corrected chi connectivity index (χ4v) is 1.74. The second kappa shape index (κ2) is 3.54. The predicted molar refractivity (Wildman–Crippen MR) is 55.8 cm³/mol. The van der Waals surface area contributed by atoms with Gasteiger partial charge in [0, 0.05) is 6.20 Å². The Kier molecular flexibility index (Phi) is 2.35. The van der Waals surface area contributed by atoms with Crippen LogP contribution < -0.4 is 5.49 Å². The number of fused-ring (bicyclic) bond motifs is 1. The highest BCUT2D eigenvalue weighted by atomic mass is 35.5. The van der Waals surface area contributed by atoms with Gasteiger partial charge in [-0.25, -0.2) is 4.98 Å². The van der Waals surface area contributed by atoms with Crippen LogP contribution >= 0.6 is 23.2 Å². The molecular weight excluding hydrogens is 235 g/mol. The highest BCUT2D eigenvalue weighted by molar-refractivity contribution is 6.36. The van der Waals surface area contributed by atoms with Gasteiger partial charge >= 0.3 is 0 Å². The van der Waals surface area contributed by atoms with Crippen molar-refractivity contribution < 1.29 is 0 Å². The van der Waals surface area contributed by atoms with E-state index in [-0.39, 0.29) is 11.1 Å². The molecule has 0 saturated heterocycles. The van der Waals surface area contributed by atoms with Crippen molar-refractivity contribution in [1.29, 1.82) is 10.7 Å². The van der Waals surface area contributed by atoms with Crippen LogP contribution in [0.25, 0.3) is 5.65 Å². The molecule has 0 aromatic carbocycles. The smallest absolute Gasteiger partial charge is 0.157 e. The van der Waals surface area contributed by atoms with Gasteiger partial charge in [0.05, 0.1) is 16.2 Å². The molecule has 4 nitrogen and oxygen atoms in total. The monoisotopic (exact) mass is 238 g/mol. The van der Waals surface area contributed by atoms with Gasteiger partial charge in [0.15, 0.2) is 5.65 Å². The van der Waals surface area contributed by atoms with E-state index in [0.717, 1.165) is 0 Å². The Morgan fingerprint density at radius 2 is 2.20 bits per heavy atom. The third-order valence-electron chi connectivity index (χ3n) is 1.89. The Morgan fingerprint density at radius 3 is 2.87 bits per heavy atom. The molecule has 0 aliphatic heterocycles. The van der Waals surface area contributed by atoms with Gasteiger partial charge in [0.2, 0.25) is 0 Å². The number of halogens is 2. The topological polar surface area (TPSA) is 64.9 Å². The van der Waals surface area contributed by atoms with Crippen molar-refractivity contribution in [3.05, 3.63) is 39.6 Å². The normalized spacial score (nSPS) is 10.2. The molecule has 0 aliphatic rings. The van der Waals surface area contributed by atoms with E-state index < -0.39 is 0 Å². The summed E-state index contributed by atoms with van der Waals surface area (Å²) in [6.45, 7) is 0. The van der Waals surface area contributed by atoms with Crippen LogP contribution in [0, 0.1) is 16.7 Å². The Labute approximate surface area is 94.8 Å². The van der Waals surface area contributed by atoms with Crippen LogP contribution in [0.15, 0.2) is 18.5 Å². The summed E-state index contributed by atoms with van der Waals surface area (Å²) in [5.74, 6) is 0. The first-order valence-electron chi connectivity index (χ1n) is 3.94. The van der Waals surface area contributed by atoms with Crippen LogP contribution in [0.5, 0.6) is 0 Å². The molecule has 0 amide bonds. The minimum Gasteiger partial charge on any atom is -0.283 e. The van der Waals surface area contributed by atoms with Gasteiger partial charge in [-0.05, 0) is 6.07 Å². The summed E-state index contributed by atoms with van der Waals surface area (Å²) in [6, 6.07) is 3.41. The van der Waals surface area contributed by atoms with Crippen molar-refractivity contribution >= 4 is 28.8 Å². The second-order valence-corrected chi connectivity index (χ2v) is 3.68. The Balaban J connectivity index is 3.01. The lowest BCUT2D eigenvalue weighted by molar-refractivity contribution is 0.961. The van der Waals surface area contributed by atoms with Gasteiger partial charge in [-0.3, -0.25) is 9.81 Å². The zero-order chi connectivity index (χ0) is 11.0. The van der Waals surface area contributed by atoms with Crippen molar-refractivity contribution in [1.82, 2.24) is 9.38 Å². The van der Waals surface area contributed by atoms with Crippen molar-refractivity contribution in [2.75, 3.05) is 0 Å². The van der Waals surface area contributed by atoms with Crippen molar-refractivity contribution in [3.8, 4) is 6.07 Å². The van der Waals surface area contributed by atoms with E-state index in [1.54, 1.807) is 0 Å². The lowest BCUT2D eigenvalue weighted by Crippen LogP contribution is -2.18. The highest BCUT2D eigenvalue weighted by Gasteiger charge is 2.05. The molecule has 2 aromatic rings. The molecule has 0 bridgehead atoms. The van der Waals surface area contributed by atoms with Gasteiger partial charge in [-0.1, -0.05) is 23.2 Å². The largest absolute Gasteiger partial charge is 0.283 e. The number of pyridine rings is 1. The van der Waals surface area contributed by atoms with Crippen LogP contribution in [-0.4, -0.2) is 9.38 Å². The lowest BCUT2D eigenvalue weighted by atomic mass is 10.3. The number of nitrogens with one attached hydrogen (secondary N) is 1. The number of hydrogen-bond donors (Lipinski definition) is 1. The molecule has 0 unspecified atom stereocenters. The van der Waals surface area contributed by atoms with E-state index in [1.165, 1.54) is 22.9 Å². The van der Waals surface area contributed by atoms with Crippen LogP contribution in [0.1, 0.15) is 5.56 Å². The summed E-state index contributed by atoms with van der Waals surface area (Å²) < 4.78 is 1.38. The van der Waals surface area contributed by atoms with Gasteiger partial charge in [-0.15, -0.1) is 0 Å². The average molecular weight is 239 g/mol. The Hall–Kier alpha value is -1.57. The van der Waals surface area contributed by atoms with Gasteiger partial charge in [0.1, 0.15) is 17.1 Å². The summed E-state index contributed by atoms with van der Waals surface area (Å²) in [7, 11) is 0. The Morgan fingerprint density at radius 1 is 1.47 bits per heavy atom. The van der Waals surface area contributed by atoms with Gasteiger partial charge < -0.3 is 0 Å². The molecular formula is C9H4Cl2N4. The first-order chi connectivity index (χ1) is 7.13. The SMILES string of the molecule is N#Cc1cnc2c(Cl)cc(Cl)cn2c1=N. The molecule has 15 heavy (non-hydrogen) atoms. The van der Waals surface area contributed by atoms with Crippen LogP contribution in [-0.2, 0) is 0 Å². The number of nitrogens with zero attached hydrogens (tertiary/aromatic N) is 3. The summed E-state index contributed by atoms with van der Waals surface area (Å²) in [4.78, 5) is 3.98. The third kappa shape index (κ3) is 1.56. The molecule has 1 N–H and O–H groups in total. The summed E-state index contributed by atoms with van der Waals surface area (Å²) in [5, 5.41) is 17.2. The fourth-order valence-electron chi connectivity index (χ4n) is 1.22. The van der Waals surface area contributed by atoms with Crippen molar-refractivity contribution in [2.45, 2.75) is 0 Å². The lowest BCUT2D eigenvalue weighted by Gasteiger charge is -2.03. The van der Waals surface area contributed by atoms with E-state index >= 15 is 0 Å². The van der Waals surface area contributed by atoms with Gasteiger partial charge in [-0.2, -0.15) is 5.26 Å². The number of aromatic nitrogens is 2. The molecule has 0 aliphatic carbocycles. The molecule has 74 valence electrons. The standard InChI is InChI=1S/C9H4Cl2N4/c10-6-1-7(11)9-14-3-5(2-12)8(13)15(9)4-6/h1,3-4,13H. The number of hydrogen-bond acceptors (Lipinski definition) is 3. The van der Waals surface area contributed by atoms with Crippen LogP contribution in [0.2, 0.25) is 10.0 Å². The zero-order valence-electron chi connectivity index (χ0n) is 7.33. The minimum atomic E-state index is 0.0203. The maximum Gasteiger partial charge on any atom is 0.157 e. The minimum absolute atomic E-state index is 0.0203. The molecule has 2 aromatic heterocycles. The zero-order valence-corrected chi connectivity index (χ0v) is 8.84. The second-order valence-electron chi connectivity index (χ2n) is 2.83. The molecule has 2 rings (SSSR count). The predicted octanol–water partition coefficient (Wildman–Crippen LogP) is 1.99. The van der Waals surface area contributed by atoms with E-state index in [9.17, 15) is 0 Å². The number of nitriles is 1. The van der Waals surface area contributed by atoms with E-state index in [0.29, 0.717) is 15.7 Å². The molecule has 0 fully saturated rings. The summed E-state index contributed by atoms with van der Waals surface area (Å²) >= 11 is 11.7. The first kappa shape index (κ1) is 9.97. The molecule has 2 heterocycles. The van der Waals surface area contributed by atoms with Crippen LogP contribution in [0.3, 0.4) is 0 Å². The van der Waals surface area contributed by atoms with E-state index in [2.05, 4.69) is 4.98 Å². The first-order valence-corrected chi connectivity index (χ1v) is 4.70. The Bertz CT molecular complexity index is 639. The van der Waals surface area contributed by atoms with Crippen LogP contribution in [0.4, 0.5) is 0 Å². The van der Waals surface area contributed by atoms with E-state index in [1.807, 2.05) is 6.07 Å². The maximum atomic E-state index is 8.73. The number of rotatable bonds is 0. The summed E-state index contributed by atoms with van der Waals surface area (Å²) in [5.41, 5.74) is 0.600.